The Morgan fingerprint density at radius 1 is 1.30 bits per heavy atom. The van der Waals surface area contributed by atoms with Gasteiger partial charge in [0, 0.05) is 44.5 Å². The van der Waals surface area contributed by atoms with Crippen molar-refractivity contribution in [2.75, 3.05) is 32.8 Å². The molecule has 2 aromatic heterocycles. The maximum Gasteiger partial charge on any atom is 0.268 e. The van der Waals surface area contributed by atoms with Crippen molar-refractivity contribution in [3.05, 3.63) is 33.7 Å². The molecule has 3 aliphatic carbocycles. The zero-order valence-electron chi connectivity index (χ0n) is 17.3. The second-order valence-electron chi connectivity index (χ2n) is 9.08. The fourth-order valence-corrected chi connectivity index (χ4v) is 5.03. The van der Waals surface area contributed by atoms with Gasteiger partial charge < -0.3 is 15.2 Å². The van der Waals surface area contributed by atoms with Gasteiger partial charge in [-0.3, -0.25) is 19.1 Å². The van der Waals surface area contributed by atoms with E-state index >= 15 is 0 Å². The van der Waals surface area contributed by atoms with E-state index in [4.69, 9.17) is 4.74 Å². The van der Waals surface area contributed by atoms with Crippen molar-refractivity contribution in [1.29, 1.82) is 0 Å². The minimum atomic E-state index is -0.480. The third-order valence-electron chi connectivity index (χ3n) is 6.81. The number of carbonyl (C=O) groups is 1. The van der Waals surface area contributed by atoms with Crippen molar-refractivity contribution >= 4 is 16.9 Å². The summed E-state index contributed by atoms with van der Waals surface area (Å²) in [6.45, 7) is 6.10. The summed E-state index contributed by atoms with van der Waals surface area (Å²) in [7, 11) is 0. The smallest absolute Gasteiger partial charge is 0.268 e. The first kappa shape index (κ1) is 19.5. The highest BCUT2D eigenvalue weighted by molar-refractivity contribution is 6.02. The lowest BCUT2D eigenvalue weighted by molar-refractivity contribution is -0.0439. The minimum Gasteiger partial charge on any atom is -0.506 e. The number of aryl methyl sites for hydroxylation is 1. The van der Waals surface area contributed by atoms with Gasteiger partial charge in [-0.15, -0.1) is 0 Å². The van der Waals surface area contributed by atoms with Gasteiger partial charge in [-0.25, -0.2) is 4.98 Å². The Labute approximate surface area is 174 Å². The normalized spacial score (nSPS) is 26.0. The molecule has 0 radical (unpaired) electrons. The fraction of sp³-hybridized carbons (Fsp3) is 0.591. The summed E-state index contributed by atoms with van der Waals surface area (Å²) in [6, 6.07) is 1.78. The molecule has 1 saturated heterocycles. The molecule has 1 amide bonds. The van der Waals surface area contributed by atoms with Crippen LogP contribution in [0.2, 0.25) is 0 Å². The SMILES string of the molecule is Cc1cnc2c(c1)c(O)c(C(=O)NC13CC(C1)C3)c(=O)n2CCN1CCCOCC1. The highest BCUT2D eigenvalue weighted by Gasteiger charge is 2.57. The summed E-state index contributed by atoms with van der Waals surface area (Å²) in [5.74, 6) is -0.0395. The van der Waals surface area contributed by atoms with Crippen molar-refractivity contribution in [1.82, 2.24) is 19.8 Å². The Morgan fingerprint density at radius 3 is 2.83 bits per heavy atom. The average Bonchev–Trinajstić information content (AvgIpc) is 2.93. The Bertz CT molecular complexity index is 1040. The lowest BCUT2D eigenvalue weighted by atomic mass is 9.50. The molecular formula is C22H28N4O4. The van der Waals surface area contributed by atoms with Crippen LogP contribution < -0.4 is 10.9 Å². The Kier molecular flexibility index (Phi) is 4.78. The summed E-state index contributed by atoms with van der Waals surface area (Å²) in [5.41, 5.74) is 0.456. The third-order valence-corrected chi connectivity index (χ3v) is 6.81. The van der Waals surface area contributed by atoms with Crippen LogP contribution in [0.5, 0.6) is 5.75 Å². The first-order valence-electron chi connectivity index (χ1n) is 10.8. The van der Waals surface area contributed by atoms with Crippen molar-refractivity contribution in [3.8, 4) is 5.75 Å². The molecule has 0 unspecified atom stereocenters. The molecule has 8 heteroatoms. The Balaban J connectivity index is 1.51. The second-order valence-corrected chi connectivity index (χ2v) is 9.08. The maximum atomic E-state index is 13.3. The van der Waals surface area contributed by atoms with Crippen LogP contribution in [0.4, 0.5) is 0 Å². The van der Waals surface area contributed by atoms with Crippen LogP contribution in [0.25, 0.3) is 11.0 Å². The largest absolute Gasteiger partial charge is 0.506 e. The number of hydrogen-bond acceptors (Lipinski definition) is 6. The van der Waals surface area contributed by atoms with Crippen molar-refractivity contribution in [2.24, 2.45) is 5.92 Å². The molecule has 30 heavy (non-hydrogen) atoms. The van der Waals surface area contributed by atoms with E-state index in [1.807, 2.05) is 6.92 Å². The van der Waals surface area contributed by atoms with Gasteiger partial charge >= 0.3 is 0 Å². The molecule has 2 N–H and O–H groups in total. The van der Waals surface area contributed by atoms with E-state index in [0.717, 1.165) is 50.9 Å². The van der Waals surface area contributed by atoms with Gasteiger partial charge in [-0.2, -0.15) is 0 Å². The summed E-state index contributed by atoms with van der Waals surface area (Å²) in [6.07, 6.45) is 5.55. The van der Waals surface area contributed by atoms with Gasteiger partial charge in [-0.1, -0.05) is 0 Å². The molecule has 2 aromatic rings. The molecule has 0 aromatic carbocycles. The van der Waals surface area contributed by atoms with E-state index in [1.165, 1.54) is 4.57 Å². The second kappa shape index (κ2) is 7.35. The zero-order chi connectivity index (χ0) is 20.9. The molecule has 0 atom stereocenters. The van der Waals surface area contributed by atoms with Crippen molar-refractivity contribution < 1.29 is 14.6 Å². The molecular weight excluding hydrogens is 384 g/mol. The number of pyridine rings is 2. The van der Waals surface area contributed by atoms with Gasteiger partial charge in [0.05, 0.1) is 12.0 Å². The van der Waals surface area contributed by atoms with E-state index in [0.29, 0.717) is 36.6 Å². The van der Waals surface area contributed by atoms with E-state index in [-0.39, 0.29) is 16.9 Å². The van der Waals surface area contributed by atoms with Gasteiger partial charge in [0.2, 0.25) is 0 Å². The fourth-order valence-electron chi connectivity index (χ4n) is 5.03. The van der Waals surface area contributed by atoms with Crippen LogP contribution in [0, 0.1) is 12.8 Å². The van der Waals surface area contributed by atoms with Crippen LogP contribution in [0.15, 0.2) is 17.1 Å². The maximum absolute atomic E-state index is 13.3. The number of carbonyl (C=O) groups excluding carboxylic acids is 1. The monoisotopic (exact) mass is 412 g/mol. The van der Waals surface area contributed by atoms with E-state index in [2.05, 4.69) is 15.2 Å². The van der Waals surface area contributed by atoms with Crippen LogP contribution >= 0.6 is 0 Å². The lowest BCUT2D eigenvalue weighted by Crippen LogP contribution is -2.68. The Morgan fingerprint density at radius 2 is 2.10 bits per heavy atom. The first-order valence-corrected chi connectivity index (χ1v) is 10.8. The molecule has 0 spiro atoms. The van der Waals surface area contributed by atoms with E-state index < -0.39 is 11.5 Å². The minimum absolute atomic E-state index is 0.168. The molecule has 4 fully saturated rings. The predicted molar refractivity (Wildman–Crippen MR) is 112 cm³/mol. The van der Waals surface area contributed by atoms with Crippen LogP contribution in [0.3, 0.4) is 0 Å². The molecule has 3 heterocycles. The Hall–Kier alpha value is -2.45. The van der Waals surface area contributed by atoms with Crippen molar-refractivity contribution in [2.45, 2.75) is 44.7 Å². The number of amides is 1. The van der Waals surface area contributed by atoms with Gasteiger partial charge in [0.25, 0.3) is 11.5 Å². The molecule has 3 saturated carbocycles. The summed E-state index contributed by atoms with van der Waals surface area (Å²) in [4.78, 5) is 33.0. The number of nitrogens with zero attached hydrogens (tertiary/aromatic N) is 3. The molecule has 4 aliphatic rings. The number of nitrogens with one attached hydrogen (secondary N) is 1. The van der Waals surface area contributed by atoms with Crippen LogP contribution in [0.1, 0.15) is 41.6 Å². The summed E-state index contributed by atoms with van der Waals surface area (Å²) < 4.78 is 7.05. The first-order chi connectivity index (χ1) is 14.5. The highest BCUT2D eigenvalue weighted by Crippen LogP contribution is 2.57. The van der Waals surface area contributed by atoms with Crippen LogP contribution in [-0.2, 0) is 11.3 Å². The van der Waals surface area contributed by atoms with Gasteiger partial charge in [0.15, 0.2) is 0 Å². The molecule has 160 valence electrons. The van der Waals surface area contributed by atoms with Gasteiger partial charge in [-0.05, 0) is 50.2 Å². The topological polar surface area (TPSA) is 96.7 Å². The van der Waals surface area contributed by atoms with E-state index in [9.17, 15) is 14.7 Å². The molecule has 8 nitrogen and oxygen atoms in total. The van der Waals surface area contributed by atoms with Crippen molar-refractivity contribution in [3.63, 3.8) is 0 Å². The van der Waals surface area contributed by atoms with Crippen LogP contribution in [-0.4, -0.2) is 63.9 Å². The standard InChI is InChI=1S/C22H28N4O4/c1-14-9-16-18(27)17(20(28)24-22-10-15(11-22)12-22)21(29)26(19(16)23-13-14)5-4-25-3-2-7-30-8-6-25/h9,13,15,27H,2-8,10-12H2,1H3,(H,24,28). The number of ether oxygens (including phenoxy) is 1. The predicted octanol–water partition coefficient (Wildman–Crippen LogP) is 1.42. The molecule has 6 rings (SSSR count). The zero-order valence-corrected chi connectivity index (χ0v) is 17.3. The highest BCUT2D eigenvalue weighted by atomic mass is 16.5. The number of hydrogen-bond donors (Lipinski definition) is 2. The number of fused-ring (bicyclic) bond motifs is 1. The quantitative estimate of drug-likeness (QED) is 0.771. The molecule has 1 aliphatic heterocycles. The lowest BCUT2D eigenvalue weighted by Gasteiger charge is -2.61. The summed E-state index contributed by atoms with van der Waals surface area (Å²) >= 11 is 0. The van der Waals surface area contributed by atoms with Gasteiger partial charge in [0.1, 0.15) is 17.0 Å². The number of rotatable bonds is 5. The van der Waals surface area contributed by atoms with E-state index in [1.54, 1.807) is 12.3 Å². The molecule has 2 bridgehead atoms. The average molecular weight is 412 g/mol. The number of aromatic nitrogens is 2. The summed E-state index contributed by atoms with van der Waals surface area (Å²) in [5, 5.41) is 14.3. The number of aromatic hydroxyl groups is 1. The third kappa shape index (κ3) is 3.28.